The number of ether oxygens (including phenoxy) is 1. The zero-order valence-corrected chi connectivity index (χ0v) is 12.5. The summed E-state index contributed by atoms with van der Waals surface area (Å²) in [5.41, 5.74) is 1.83. The Bertz CT molecular complexity index is 862. The van der Waals surface area contributed by atoms with Crippen LogP contribution in [0.2, 0.25) is 0 Å². The van der Waals surface area contributed by atoms with Gasteiger partial charge in [-0.05, 0) is 28.8 Å². The van der Waals surface area contributed by atoms with E-state index in [1.807, 2.05) is 30.3 Å². The maximum atomic E-state index is 11.8. The van der Waals surface area contributed by atoms with Crippen LogP contribution in [0.5, 0.6) is 0 Å². The van der Waals surface area contributed by atoms with Crippen LogP contribution in [0.4, 0.5) is 0 Å². The number of cyclic esters (lactones) is 1. The number of esters is 1. The molecule has 2 aromatic carbocycles. The third-order valence-corrected chi connectivity index (χ3v) is 3.30. The Labute approximate surface area is 138 Å². The predicted octanol–water partition coefficient (Wildman–Crippen LogP) is 2.06. The summed E-state index contributed by atoms with van der Waals surface area (Å²) in [5.74, 6) is -1.59. The number of nitrogens with zero attached hydrogens (tertiary/aromatic N) is 1. The molecule has 2 aromatic rings. The van der Waals surface area contributed by atoms with Crippen molar-refractivity contribution >= 4 is 30.0 Å². The van der Waals surface area contributed by atoms with E-state index in [1.165, 1.54) is 18.2 Å². The summed E-state index contributed by atoms with van der Waals surface area (Å²) in [4.78, 5) is 26.7. The van der Waals surface area contributed by atoms with Crippen LogP contribution >= 0.6 is 0 Å². The molecule has 0 unspecified atom stereocenters. The van der Waals surface area contributed by atoms with Crippen LogP contribution in [0.1, 0.15) is 21.5 Å². The zero-order valence-electron chi connectivity index (χ0n) is 12.5. The quantitative estimate of drug-likeness (QED) is 0.638. The molecule has 1 aliphatic heterocycles. The summed E-state index contributed by atoms with van der Waals surface area (Å²) in [6, 6.07) is 15.5. The van der Waals surface area contributed by atoms with Crippen LogP contribution in [0.15, 0.2) is 71.4 Å². The van der Waals surface area contributed by atoms with Gasteiger partial charge in [0, 0.05) is 6.08 Å². The molecule has 0 atom stereocenters. The van der Waals surface area contributed by atoms with Gasteiger partial charge in [-0.15, -0.1) is 0 Å². The number of carbonyl (C=O) groups excluding carboxylic acids is 2. The number of hydrogen-bond acceptors (Lipinski definition) is 5. The first kappa shape index (κ1) is 15.4. The molecule has 0 fully saturated rings. The second-order valence-electron chi connectivity index (χ2n) is 5.02. The van der Waals surface area contributed by atoms with E-state index in [-0.39, 0.29) is 17.2 Å². The largest absolute Gasteiger partial charge is 0.545 e. The van der Waals surface area contributed by atoms with Gasteiger partial charge < -0.3 is 14.6 Å². The second kappa shape index (κ2) is 6.75. The van der Waals surface area contributed by atoms with E-state index < -0.39 is 11.9 Å². The van der Waals surface area contributed by atoms with Gasteiger partial charge in [0.15, 0.2) is 5.70 Å². The monoisotopic (exact) mass is 318 g/mol. The van der Waals surface area contributed by atoms with Gasteiger partial charge in [0.2, 0.25) is 5.90 Å². The molecule has 3 rings (SSSR count). The number of carbonyl (C=O) groups is 2. The highest BCUT2D eigenvalue weighted by atomic mass is 16.6. The average Bonchev–Trinajstić information content (AvgIpc) is 2.94. The predicted molar refractivity (Wildman–Crippen MR) is 87.8 cm³/mol. The fraction of sp³-hybridized carbons (Fsp3) is 0. The second-order valence-corrected chi connectivity index (χ2v) is 5.02. The molecule has 0 spiro atoms. The molecular formula is C19H12NO4-. The molecule has 1 aliphatic rings. The Morgan fingerprint density at radius 3 is 2.33 bits per heavy atom. The van der Waals surface area contributed by atoms with Gasteiger partial charge in [-0.2, -0.15) is 0 Å². The van der Waals surface area contributed by atoms with Gasteiger partial charge in [-0.25, -0.2) is 9.79 Å². The van der Waals surface area contributed by atoms with Gasteiger partial charge in [0.1, 0.15) is 0 Å². The molecule has 5 nitrogen and oxygen atoms in total. The summed E-state index contributed by atoms with van der Waals surface area (Å²) in [7, 11) is 0. The van der Waals surface area contributed by atoms with Crippen LogP contribution < -0.4 is 5.11 Å². The fourth-order valence-corrected chi connectivity index (χ4v) is 2.10. The zero-order chi connectivity index (χ0) is 16.9. The third kappa shape index (κ3) is 3.64. The molecule has 0 saturated heterocycles. The lowest BCUT2D eigenvalue weighted by Crippen LogP contribution is -2.21. The molecule has 1 heterocycles. The van der Waals surface area contributed by atoms with Gasteiger partial charge in [-0.3, -0.25) is 0 Å². The van der Waals surface area contributed by atoms with E-state index in [9.17, 15) is 14.7 Å². The van der Waals surface area contributed by atoms with Crippen LogP contribution in [0.25, 0.3) is 12.2 Å². The van der Waals surface area contributed by atoms with Crippen molar-refractivity contribution in [2.45, 2.75) is 0 Å². The van der Waals surface area contributed by atoms with Crippen LogP contribution in [0.3, 0.4) is 0 Å². The number of carboxylic acids is 1. The van der Waals surface area contributed by atoms with Crippen molar-refractivity contribution in [2.24, 2.45) is 4.99 Å². The normalized spacial score (nSPS) is 15.6. The maximum Gasteiger partial charge on any atom is 0.363 e. The molecule has 0 radical (unpaired) electrons. The number of hydrogen-bond donors (Lipinski definition) is 0. The first-order valence-corrected chi connectivity index (χ1v) is 7.19. The van der Waals surface area contributed by atoms with Crippen molar-refractivity contribution in [3.8, 4) is 0 Å². The lowest BCUT2D eigenvalue weighted by molar-refractivity contribution is -0.255. The van der Waals surface area contributed by atoms with Gasteiger partial charge in [0.25, 0.3) is 0 Å². The summed E-state index contributed by atoms with van der Waals surface area (Å²) in [6.45, 7) is 0. The average molecular weight is 318 g/mol. The molecular weight excluding hydrogens is 306 g/mol. The highest BCUT2D eigenvalue weighted by molar-refractivity contribution is 6.11. The Morgan fingerprint density at radius 1 is 0.958 bits per heavy atom. The Hall–Kier alpha value is -3.47. The molecule has 118 valence electrons. The van der Waals surface area contributed by atoms with Crippen LogP contribution in [-0.2, 0) is 9.53 Å². The minimum atomic E-state index is -1.25. The van der Waals surface area contributed by atoms with Crippen molar-refractivity contribution in [3.05, 3.63) is 83.1 Å². The maximum absolute atomic E-state index is 11.8. The summed E-state index contributed by atoms with van der Waals surface area (Å²) in [6.07, 6.45) is 4.95. The lowest BCUT2D eigenvalue weighted by Gasteiger charge is -2.01. The number of carboxylic acid groups (broad SMARTS) is 1. The molecule has 0 bridgehead atoms. The molecule has 0 amide bonds. The van der Waals surface area contributed by atoms with E-state index in [4.69, 9.17) is 4.74 Å². The van der Waals surface area contributed by atoms with E-state index >= 15 is 0 Å². The number of aliphatic imine (C=N–C) groups is 1. The lowest BCUT2D eigenvalue weighted by atomic mass is 10.1. The van der Waals surface area contributed by atoms with Crippen molar-refractivity contribution in [2.75, 3.05) is 0 Å². The molecule has 24 heavy (non-hydrogen) atoms. The fourth-order valence-electron chi connectivity index (χ4n) is 2.10. The van der Waals surface area contributed by atoms with Gasteiger partial charge in [0.05, 0.1) is 5.97 Å². The molecule has 5 heteroatoms. The van der Waals surface area contributed by atoms with Crippen molar-refractivity contribution in [3.63, 3.8) is 0 Å². The topological polar surface area (TPSA) is 78.8 Å². The minimum absolute atomic E-state index is 0.0705. The first-order valence-electron chi connectivity index (χ1n) is 7.19. The Balaban J connectivity index is 1.78. The SMILES string of the molecule is O=C1OC(/C=C/c2ccccc2)=NC/1=C\c1ccc(C(=O)[O-])cc1. The number of benzene rings is 2. The number of aromatic carboxylic acids is 1. The standard InChI is InChI=1S/C19H13NO4/c21-18(22)15-9-6-14(7-10-15)12-16-19(23)24-17(20-16)11-8-13-4-2-1-3-5-13/h1-12H,(H,21,22)/p-1/b11-8+,16-12-. The minimum Gasteiger partial charge on any atom is -0.545 e. The third-order valence-electron chi connectivity index (χ3n) is 3.30. The highest BCUT2D eigenvalue weighted by Gasteiger charge is 2.20. The first-order chi connectivity index (χ1) is 11.6. The van der Waals surface area contributed by atoms with E-state index in [1.54, 1.807) is 24.3 Å². The van der Waals surface area contributed by atoms with E-state index in [0.29, 0.717) is 5.56 Å². The summed E-state index contributed by atoms with van der Waals surface area (Å²) < 4.78 is 5.08. The van der Waals surface area contributed by atoms with Crippen molar-refractivity contribution in [1.29, 1.82) is 0 Å². The molecule has 0 aliphatic carbocycles. The molecule has 0 saturated carbocycles. The van der Waals surface area contributed by atoms with Crippen LogP contribution in [-0.4, -0.2) is 17.8 Å². The summed E-state index contributed by atoms with van der Waals surface area (Å²) >= 11 is 0. The smallest absolute Gasteiger partial charge is 0.363 e. The van der Waals surface area contributed by atoms with E-state index in [0.717, 1.165) is 5.56 Å². The van der Waals surface area contributed by atoms with E-state index in [2.05, 4.69) is 4.99 Å². The summed E-state index contributed by atoms with van der Waals surface area (Å²) in [5, 5.41) is 10.7. The van der Waals surface area contributed by atoms with Crippen LogP contribution in [0, 0.1) is 0 Å². The Kier molecular flexibility index (Phi) is 4.34. The molecule has 0 N–H and O–H groups in total. The van der Waals surface area contributed by atoms with Gasteiger partial charge >= 0.3 is 5.97 Å². The number of rotatable bonds is 4. The van der Waals surface area contributed by atoms with Gasteiger partial charge in [-0.1, -0.05) is 54.6 Å². The Morgan fingerprint density at radius 2 is 1.67 bits per heavy atom. The highest BCUT2D eigenvalue weighted by Crippen LogP contribution is 2.17. The molecule has 0 aromatic heterocycles. The van der Waals surface area contributed by atoms with Crippen molar-refractivity contribution < 1.29 is 19.4 Å². The van der Waals surface area contributed by atoms with Crippen molar-refractivity contribution in [1.82, 2.24) is 0 Å².